The Morgan fingerprint density at radius 1 is 0.967 bits per heavy atom. The molecule has 30 heavy (non-hydrogen) atoms. The van der Waals surface area contributed by atoms with E-state index in [1.165, 1.54) is 64.7 Å². The second kappa shape index (κ2) is 8.59. The van der Waals surface area contributed by atoms with Gasteiger partial charge in [0.2, 0.25) is 15.9 Å². The van der Waals surface area contributed by atoms with Gasteiger partial charge in [-0.05, 0) is 36.4 Å². The van der Waals surface area contributed by atoms with Crippen molar-refractivity contribution in [2.24, 2.45) is 0 Å². The molecule has 1 aliphatic rings. The molecule has 1 saturated heterocycles. The second-order valence-corrected chi connectivity index (χ2v) is 8.64. The van der Waals surface area contributed by atoms with Crippen molar-refractivity contribution in [2.75, 3.05) is 31.5 Å². The zero-order valence-electron chi connectivity index (χ0n) is 16.1. The van der Waals surface area contributed by atoms with E-state index >= 15 is 0 Å². The summed E-state index contributed by atoms with van der Waals surface area (Å²) in [5.41, 5.74) is 0.706. The van der Waals surface area contributed by atoms with Crippen molar-refractivity contribution in [3.05, 3.63) is 64.2 Å². The fourth-order valence-electron chi connectivity index (χ4n) is 3.10. The van der Waals surface area contributed by atoms with Gasteiger partial charge < -0.3 is 10.2 Å². The van der Waals surface area contributed by atoms with Crippen molar-refractivity contribution in [1.29, 1.82) is 0 Å². The molecule has 0 spiro atoms. The molecule has 2 aromatic rings. The summed E-state index contributed by atoms with van der Waals surface area (Å²) >= 11 is 0. The Kier molecular flexibility index (Phi) is 6.13. The highest BCUT2D eigenvalue weighted by atomic mass is 32.2. The molecule has 0 radical (unpaired) electrons. The van der Waals surface area contributed by atoms with Gasteiger partial charge in [-0.25, -0.2) is 8.42 Å². The smallest absolute Gasteiger partial charge is 0.269 e. The highest BCUT2D eigenvalue weighted by Crippen LogP contribution is 2.21. The number of nitrogens with one attached hydrogen (secondary N) is 1. The predicted molar refractivity (Wildman–Crippen MR) is 109 cm³/mol. The largest absolute Gasteiger partial charge is 0.336 e. The number of carbonyl (C=O) groups excluding carboxylic acids is 2. The Morgan fingerprint density at radius 3 is 2.03 bits per heavy atom. The zero-order chi connectivity index (χ0) is 21.9. The first-order valence-electron chi connectivity index (χ1n) is 9.10. The lowest BCUT2D eigenvalue weighted by atomic mass is 10.1. The van der Waals surface area contributed by atoms with Crippen molar-refractivity contribution in [3.8, 4) is 0 Å². The van der Waals surface area contributed by atoms with Gasteiger partial charge in [-0.15, -0.1) is 0 Å². The average Bonchev–Trinajstić information content (AvgIpc) is 2.73. The monoisotopic (exact) mass is 432 g/mol. The first-order chi connectivity index (χ1) is 14.2. The van der Waals surface area contributed by atoms with Crippen LogP contribution in [0.3, 0.4) is 0 Å². The van der Waals surface area contributed by atoms with E-state index in [9.17, 15) is 28.1 Å². The Labute approximate surface area is 173 Å². The van der Waals surface area contributed by atoms with Gasteiger partial charge in [0.05, 0.1) is 9.82 Å². The third-order valence-electron chi connectivity index (χ3n) is 4.66. The molecule has 1 aliphatic heterocycles. The van der Waals surface area contributed by atoms with Gasteiger partial charge in [-0.2, -0.15) is 4.31 Å². The standard InChI is InChI=1S/C19H20N4O6S/c1-14(24)20-16-4-8-18(9-5-16)30(28,29)22-12-10-21(11-13-22)19(25)15-2-6-17(7-3-15)23(26)27/h2-9H,10-13H2,1H3,(H,20,24). The molecule has 0 bridgehead atoms. The van der Waals surface area contributed by atoms with Gasteiger partial charge in [-0.1, -0.05) is 0 Å². The molecular weight excluding hydrogens is 412 g/mol. The fourth-order valence-corrected chi connectivity index (χ4v) is 4.52. The first kappa shape index (κ1) is 21.4. The number of hydrogen-bond acceptors (Lipinski definition) is 6. The van der Waals surface area contributed by atoms with Crippen LogP contribution in [0, 0.1) is 10.1 Å². The van der Waals surface area contributed by atoms with Crippen molar-refractivity contribution in [1.82, 2.24) is 9.21 Å². The van der Waals surface area contributed by atoms with E-state index in [1.54, 1.807) is 0 Å². The van der Waals surface area contributed by atoms with Gasteiger partial charge in [0, 0.05) is 56.5 Å². The van der Waals surface area contributed by atoms with Crippen molar-refractivity contribution >= 4 is 33.2 Å². The maximum Gasteiger partial charge on any atom is 0.269 e. The highest BCUT2D eigenvalue weighted by Gasteiger charge is 2.30. The summed E-state index contributed by atoms with van der Waals surface area (Å²) in [6.45, 7) is 2.04. The van der Waals surface area contributed by atoms with E-state index in [0.717, 1.165) is 0 Å². The molecule has 1 N–H and O–H groups in total. The molecule has 0 atom stereocenters. The van der Waals surface area contributed by atoms with Crippen LogP contribution in [0.2, 0.25) is 0 Å². The van der Waals surface area contributed by atoms with Crippen molar-refractivity contribution in [3.63, 3.8) is 0 Å². The summed E-state index contributed by atoms with van der Waals surface area (Å²) in [6.07, 6.45) is 0. The van der Waals surface area contributed by atoms with E-state index in [2.05, 4.69) is 5.32 Å². The summed E-state index contributed by atoms with van der Waals surface area (Å²) in [5.74, 6) is -0.555. The summed E-state index contributed by atoms with van der Waals surface area (Å²) < 4.78 is 27.0. The number of nitro benzene ring substituents is 1. The number of non-ortho nitro benzene ring substituents is 1. The minimum absolute atomic E-state index is 0.103. The number of sulfonamides is 1. The lowest BCUT2D eigenvalue weighted by molar-refractivity contribution is -0.384. The Bertz CT molecular complexity index is 1060. The third kappa shape index (κ3) is 4.63. The van der Waals surface area contributed by atoms with Gasteiger partial charge in [0.25, 0.3) is 11.6 Å². The van der Waals surface area contributed by atoms with Crippen LogP contribution < -0.4 is 5.32 Å². The number of piperazine rings is 1. The van der Waals surface area contributed by atoms with Crippen molar-refractivity contribution in [2.45, 2.75) is 11.8 Å². The summed E-state index contributed by atoms with van der Waals surface area (Å²) in [5, 5.41) is 13.3. The quantitative estimate of drug-likeness (QED) is 0.565. The molecule has 0 saturated carbocycles. The Morgan fingerprint density at radius 2 is 1.53 bits per heavy atom. The summed E-state index contributed by atoms with van der Waals surface area (Å²) in [6, 6.07) is 11.2. The maximum absolute atomic E-state index is 12.8. The number of nitrogens with zero attached hydrogens (tertiary/aromatic N) is 3. The van der Waals surface area contributed by atoms with Crippen LogP contribution in [0.1, 0.15) is 17.3 Å². The first-order valence-corrected chi connectivity index (χ1v) is 10.5. The van der Waals surface area contributed by atoms with Crippen LogP contribution in [0.4, 0.5) is 11.4 Å². The minimum atomic E-state index is -3.73. The number of hydrogen-bond donors (Lipinski definition) is 1. The average molecular weight is 432 g/mol. The molecule has 11 heteroatoms. The van der Waals surface area contributed by atoms with Crippen LogP contribution in [0.15, 0.2) is 53.4 Å². The van der Waals surface area contributed by atoms with Gasteiger partial charge in [0.15, 0.2) is 0 Å². The van der Waals surface area contributed by atoms with Crippen molar-refractivity contribution < 1.29 is 22.9 Å². The molecule has 0 unspecified atom stereocenters. The molecule has 2 aromatic carbocycles. The lowest BCUT2D eigenvalue weighted by Crippen LogP contribution is -2.50. The summed E-state index contributed by atoms with van der Waals surface area (Å²) in [4.78, 5) is 35.5. The third-order valence-corrected chi connectivity index (χ3v) is 6.58. The molecule has 2 amide bonds. The van der Waals surface area contributed by atoms with E-state index in [-0.39, 0.29) is 48.6 Å². The second-order valence-electron chi connectivity index (χ2n) is 6.71. The molecular formula is C19H20N4O6S. The number of amides is 2. The molecule has 3 rings (SSSR count). The lowest BCUT2D eigenvalue weighted by Gasteiger charge is -2.34. The van der Waals surface area contributed by atoms with Crippen LogP contribution in [0.25, 0.3) is 0 Å². The number of anilines is 1. The molecule has 1 heterocycles. The highest BCUT2D eigenvalue weighted by molar-refractivity contribution is 7.89. The fraction of sp³-hybridized carbons (Fsp3) is 0.263. The minimum Gasteiger partial charge on any atom is -0.336 e. The summed E-state index contributed by atoms with van der Waals surface area (Å²) in [7, 11) is -3.73. The number of nitro groups is 1. The molecule has 0 aromatic heterocycles. The molecule has 0 aliphatic carbocycles. The Balaban J connectivity index is 1.64. The SMILES string of the molecule is CC(=O)Nc1ccc(S(=O)(=O)N2CCN(C(=O)c3ccc([N+](=O)[O-])cc3)CC2)cc1. The van der Waals surface area contributed by atoms with Crippen LogP contribution in [-0.4, -0.2) is 60.5 Å². The number of benzene rings is 2. The normalized spacial score (nSPS) is 14.9. The van der Waals surface area contributed by atoms with Crippen LogP contribution >= 0.6 is 0 Å². The van der Waals surface area contributed by atoms with E-state index < -0.39 is 14.9 Å². The predicted octanol–water partition coefficient (Wildman–Crippen LogP) is 1.70. The molecule has 158 valence electrons. The van der Waals surface area contributed by atoms with Gasteiger partial charge in [-0.3, -0.25) is 19.7 Å². The van der Waals surface area contributed by atoms with E-state index in [1.807, 2.05) is 0 Å². The maximum atomic E-state index is 12.8. The van der Waals surface area contributed by atoms with Crippen LogP contribution in [0.5, 0.6) is 0 Å². The molecule has 10 nitrogen and oxygen atoms in total. The van der Waals surface area contributed by atoms with Gasteiger partial charge >= 0.3 is 0 Å². The number of carbonyl (C=O) groups is 2. The van der Waals surface area contributed by atoms with Crippen LogP contribution in [-0.2, 0) is 14.8 Å². The number of rotatable bonds is 5. The van der Waals surface area contributed by atoms with Gasteiger partial charge in [0.1, 0.15) is 0 Å². The van der Waals surface area contributed by atoms with E-state index in [4.69, 9.17) is 0 Å². The molecule has 1 fully saturated rings. The topological polar surface area (TPSA) is 130 Å². The zero-order valence-corrected chi connectivity index (χ0v) is 17.0. The Hall–Kier alpha value is -3.31. The van der Waals surface area contributed by atoms with E-state index in [0.29, 0.717) is 11.3 Å².